The van der Waals surface area contributed by atoms with E-state index in [1.165, 1.54) is 0 Å². The Kier molecular flexibility index (Phi) is 6.74. The van der Waals surface area contributed by atoms with Crippen molar-refractivity contribution < 1.29 is 23.1 Å². The summed E-state index contributed by atoms with van der Waals surface area (Å²) in [5, 5.41) is 15.6. The van der Waals surface area contributed by atoms with Crippen molar-refractivity contribution in [2.75, 3.05) is 6.54 Å². The van der Waals surface area contributed by atoms with Gasteiger partial charge in [-0.2, -0.15) is 13.2 Å². The van der Waals surface area contributed by atoms with Gasteiger partial charge in [0.25, 0.3) is 0 Å². The number of aliphatic hydroxyl groups is 1. The van der Waals surface area contributed by atoms with E-state index < -0.39 is 23.6 Å². The standard InChI is InChI=1S/C16H29F3N2O2/c1-10(2)13(22)15(3,4)9-20-14(23)21-12-7-5-11(6-8-12)16(17,18)19/h10-13,22H,5-9H2,1-4H3,(H2,20,21,23). The molecule has 0 aromatic carbocycles. The number of carbonyl (C=O) groups excluding carboxylic acids is 1. The summed E-state index contributed by atoms with van der Waals surface area (Å²) < 4.78 is 37.8. The Morgan fingerprint density at radius 1 is 1.17 bits per heavy atom. The molecular weight excluding hydrogens is 309 g/mol. The summed E-state index contributed by atoms with van der Waals surface area (Å²) >= 11 is 0. The zero-order valence-corrected chi connectivity index (χ0v) is 14.3. The van der Waals surface area contributed by atoms with Gasteiger partial charge in [-0.15, -0.1) is 0 Å². The lowest BCUT2D eigenvalue weighted by Gasteiger charge is -2.34. The smallest absolute Gasteiger partial charge is 0.391 e. The Morgan fingerprint density at radius 2 is 1.70 bits per heavy atom. The minimum absolute atomic E-state index is 0.0615. The van der Waals surface area contributed by atoms with E-state index in [2.05, 4.69) is 10.6 Å². The maximum absolute atomic E-state index is 12.6. The van der Waals surface area contributed by atoms with Crippen molar-refractivity contribution in [2.45, 2.75) is 71.7 Å². The van der Waals surface area contributed by atoms with Gasteiger partial charge in [0, 0.05) is 18.0 Å². The van der Waals surface area contributed by atoms with Gasteiger partial charge in [0.1, 0.15) is 0 Å². The Bertz CT molecular complexity index is 389. The highest BCUT2D eigenvalue weighted by Gasteiger charge is 2.41. The minimum Gasteiger partial charge on any atom is -0.392 e. The molecule has 0 aromatic rings. The van der Waals surface area contributed by atoms with E-state index in [-0.39, 0.29) is 30.8 Å². The van der Waals surface area contributed by atoms with Gasteiger partial charge in [0.05, 0.1) is 12.0 Å². The average Bonchev–Trinajstić information content (AvgIpc) is 2.44. The van der Waals surface area contributed by atoms with Gasteiger partial charge in [-0.05, 0) is 31.6 Å². The molecule has 2 amide bonds. The van der Waals surface area contributed by atoms with Crippen LogP contribution in [0.4, 0.5) is 18.0 Å². The molecule has 0 radical (unpaired) electrons. The van der Waals surface area contributed by atoms with Gasteiger partial charge in [-0.25, -0.2) is 4.79 Å². The Balaban J connectivity index is 2.36. The van der Waals surface area contributed by atoms with Gasteiger partial charge < -0.3 is 15.7 Å². The summed E-state index contributed by atoms with van der Waals surface area (Å²) in [4.78, 5) is 11.9. The van der Waals surface area contributed by atoms with Crippen molar-refractivity contribution in [3.05, 3.63) is 0 Å². The summed E-state index contributed by atoms with van der Waals surface area (Å²) in [6, 6.07) is -0.601. The zero-order valence-electron chi connectivity index (χ0n) is 14.3. The number of halogens is 3. The Morgan fingerprint density at radius 3 is 2.13 bits per heavy atom. The van der Waals surface area contributed by atoms with E-state index in [1.807, 2.05) is 27.7 Å². The van der Waals surface area contributed by atoms with Crippen LogP contribution in [-0.4, -0.2) is 36.0 Å². The molecule has 1 unspecified atom stereocenters. The van der Waals surface area contributed by atoms with E-state index >= 15 is 0 Å². The van der Waals surface area contributed by atoms with Crippen molar-refractivity contribution in [1.82, 2.24) is 10.6 Å². The second-order valence-electron chi connectivity index (χ2n) is 7.59. The predicted octanol–water partition coefficient (Wildman–Crippen LogP) is 3.45. The molecule has 0 aromatic heterocycles. The van der Waals surface area contributed by atoms with Gasteiger partial charge in [-0.3, -0.25) is 0 Å². The number of hydrogen-bond donors (Lipinski definition) is 3. The van der Waals surface area contributed by atoms with Crippen LogP contribution in [0.3, 0.4) is 0 Å². The topological polar surface area (TPSA) is 61.4 Å². The molecule has 1 fully saturated rings. The third kappa shape index (κ3) is 6.20. The van der Waals surface area contributed by atoms with Gasteiger partial charge in [0.2, 0.25) is 0 Å². The summed E-state index contributed by atoms with van der Waals surface area (Å²) in [6.45, 7) is 7.85. The number of alkyl halides is 3. The molecule has 1 rings (SSSR count). The summed E-state index contributed by atoms with van der Waals surface area (Å²) in [5.74, 6) is -1.17. The number of amides is 2. The van der Waals surface area contributed by atoms with Gasteiger partial charge in [0.15, 0.2) is 0 Å². The SMILES string of the molecule is CC(C)C(O)C(C)(C)CNC(=O)NC1CCC(C(F)(F)F)CC1. The normalized spacial score (nSPS) is 24.4. The maximum Gasteiger partial charge on any atom is 0.391 e. The number of carbonyl (C=O) groups is 1. The van der Waals surface area contributed by atoms with Crippen LogP contribution in [0.15, 0.2) is 0 Å². The lowest BCUT2D eigenvalue weighted by Crippen LogP contribution is -2.49. The highest BCUT2D eigenvalue weighted by molar-refractivity contribution is 5.74. The lowest BCUT2D eigenvalue weighted by molar-refractivity contribution is -0.182. The highest BCUT2D eigenvalue weighted by Crippen LogP contribution is 2.37. The number of rotatable bonds is 5. The van der Waals surface area contributed by atoms with Crippen LogP contribution in [-0.2, 0) is 0 Å². The molecule has 7 heteroatoms. The molecule has 0 heterocycles. The number of hydrogen-bond acceptors (Lipinski definition) is 2. The monoisotopic (exact) mass is 338 g/mol. The molecule has 1 aliphatic rings. The summed E-state index contributed by atoms with van der Waals surface area (Å²) in [6.07, 6.45) is -3.88. The molecule has 1 atom stereocenters. The second-order valence-corrected chi connectivity index (χ2v) is 7.59. The third-order valence-corrected chi connectivity index (χ3v) is 4.66. The molecule has 1 aliphatic carbocycles. The molecular formula is C16H29F3N2O2. The molecule has 3 N–H and O–H groups in total. The first-order chi connectivity index (χ1) is 10.4. The number of urea groups is 1. The van der Waals surface area contributed by atoms with E-state index in [9.17, 15) is 23.1 Å². The fraction of sp³-hybridized carbons (Fsp3) is 0.938. The molecule has 0 saturated heterocycles. The molecule has 0 bridgehead atoms. The van der Waals surface area contributed by atoms with Crippen molar-refractivity contribution in [1.29, 1.82) is 0 Å². The number of aliphatic hydroxyl groups excluding tert-OH is 1. The molecule has 1 saturated carbocycles. The zero-order chi connectivity index (χ0) is 17.8. The van der Waals surface area contributed by atoms with Crippen LogP contribution < -0.4 is 10.6 Å². The van der Waals surface area contributed by atoms with Gasteiger partial charge >= 0.3 is 12.2 Å². The maximum atomic E-state index is 12.6. The van der Waals surface area contributed by atoms with Crippen LogP contribution in [0, 0.1) is 17.3 Å². The largest absolute Gasteiger partial charge is 0.392 e. The summed E-state index contributed by atoms with van der Waals surface area (Å²) in [5.41, 5.74) is -0.473. The third-order valence-electron chi connectivity index (χ3n) is 4.66. The second kappa shape index (κ2) is 7.73. The predicted molar refractivity (Wildman–Crippen MR) is 83.0 cm³/mol. The van der Waals surface area contributed by atoms with Crippen molar-refractivity contribution in [3.63, 3.8) is 0 Å². The molecule has 23 heavy (non-hydrogen) atoms. The first-order valence-corrected chi connectivity index (χ1v) is 8.22. The number of nitrogens with one attached hydrogen (secondary N) is 2. The van der Waals surface area contributed by atoms with Crippen LogP contribution in [0.2, 0.25) is 0 Å². The minimum atomic E-state index is -4.13. The van der Waals surface area contributed by atoms with Crippen LogP contribution in [0.1, 0.15) is 53.4 Å². The van der Waals surface area contributed by atoms with E-state index in [0.29, 0.717) is 19.4 Å². The first-order valence-electron chi connectivity index (χ1n) is 8.22. The van der Waals surface area contributed by atoms with E-state index in [0.717, 1.165) is 0 Å². The van der Waals surface area contributed by atoms with Gasteiger partial charge in [-0.1, -0.05) is 27.7 Å². The fourth-order valence-corrected chi connectivity index (χ4v) is 3.12. The van der Waals surface area contributed by atoms with Crippen LogP contribution >= 0.6 is 0 Å². The molecule has 0 spiro atoms. The molecule has 4 nitrogen and oxygen atoms in total. The van der Waals surface area contributed by atoms with E-state index in [4.69, 9.17) is 0 Å². The van der Waals surface area contributed by atoms with E-state index in [1.54, 1.807) is 0 Å². The molecule has 136 valence electrons. The van der Waals surface area contributed by atoms with Crippen molar-refractivity contribution >= 4 is 6.03 Å². The first kappa shape index (κ1) is 20.1. The quantitative estimate of drug-likeness (QED) is 0.719. The van der Waals surface area contributed by atoms with Crippen LogP contribution in [0.5, 0.6) is 0 Å². The fourth-order valence-electron chi connectivity index (χ4n) is 3.12. The van der Waals surface area contributed by atoms with Crippen molar-refractivity contribution in [3.8, 4) is 0 Å². The summed E-state index contributed by atoms with van der Waals surface area (Å²) in [7, 11) is 0. The van der Waals surface area contributed by atoms with Crippen molar-refractivity contribution in [2.24, 2.45) is 17.3 Å². The highest BCUT2D eigenvalue weighted by atomic mass is 19.4. The van der Waals surface area contributed by atoms with Crippen LogP contribution in [0.25, 0.3) is 0 Å². The Hall–Kier alpha value is -0.980. The lowest BCUT2D eigenvalue weighted by atomic mass is 9.81. The molecule has 0 aliphatic heterocycles. The Labute approximate surface area is 136 Å². The average molecular weight is 338 g/mol.